The fraction of sp³-hybridized carbons (Fsp3) is 0.179. The Bertz CT molecular complexity index is 1420. The molecule has 0 aliphatic rings. The Morgan fingerprint density at radius 2 is 1.52 bits per heavy atom. The lowest BCUT2D eigenvalue weighted by molar-refractivity contribution is 0.102. The van der Waals surface area contributed by atoms with Gasteiger partial charge >= 0.3 is 0 Å². The number of hydrogen-bond acceptors (Lipinski definition) is 3. The highest BCUT2D eigenvalue weighted by Gasteiger charge is 2.21. The number of amides is 1. The van der Waals surface area contributed by atoms with Crippen molar-refractivity contribution in [2.24, 2.45) is 0 Å². The largest absolute Gasteiger partial charge is 0.306 e. The Morgan fingerprint density at radius 3 is 2.18 bits per heavy atom. The zero-order chi connectivity index (χ0) is 23.7. The molecule has 166 valence electrons. The Morgan fingerprint density at radius 1 is 0.818 bits per heavy atom. The molecule has 3 aromatic carbocycles. The molecular formula is C28H27N3O2. The van der Waals surface area contributed by atoms with Gasteiger partial charge in [0.15, 0.2) is 0 Å². The van der Waals surface area contributed by atoms with Crippen LogP contribution in [-0.4, -0.2) is 15.7 Å². The van der Waals surface area contributed by atoms with Crippen molar-refractivity contribution in [3.05, 3.63) is 110 Å². The van der Waals surface area contributed by atoms with Gasteiger partial charge < -0.3 is 5.32 Å². The predicted molar refractivity (Wildman–Crippen MR) is 133 cm³/mol. The molecule has 1 N–H and O–H groups in total. The number of nitrogens with zero attached hydrogens (tertiary/aromatic N) is 2. The zero-order valence-corrected chi connectivity index (χ0v) is 19.6. The molecule has 0 atom stereocenters. The van der Waals surface area contributed by atoms with E-state index in [1.54, 1.807) is 17.7 Å². The number of aromatic nitrogens is 2. The summed E-state index contributed by atoms with van der Waals surface area (Å²) in [5.74, 6) is 0.0649. The molecule has 0 fully saturated rings. The molecule has 4 rings (SSSR count). The summed E-state index contributed by atoms with van der Waals surface area (Å²) in [4.78, 5) is 26.7. The van der Waals surface area contributed by atoms with Gasteiger partial charge in [-0.2, -0.15) is 5.10 Å². The van der Waals surface area contributed by atoms with E-state index in [4.69, 9.17) is 0 Å². The molecule has 4 aromatic rings. The first kappa shape index (κ1) is 22.2. The highest BCUT2D eigenvalue weighted by molar-refractivity contribution is 6.06. The summed E-state index contributed by atoms with van der Waals surface area (Å²) >= 11 is 0. The van der Waals surface area contributed by atoms with Crippen LogP contribution in [0.15, 0.2) is 71.5 Å². The Kier molecular flexibility index (Phi) is 5.97. The summed E-state index contributed by atoms with van der Waals surface area (Å²) in [5.41, 5.74) is 6.81. The van der Waals surface area contributed by atoms with E-state index >= 15 is 0 Å². The normalized spacial score (nSPS) is 10.8. The maximum absolute atomic E-state index is 13.3. The van der Waals surface area contributed by atoms with Crippen LogP contribution in [0.1, 0.15) is 38.3 Å². The minimum Gasteiger partial charge on any atom is -0.306 e. The second kappa shape index (κ2) is 8.87. The van der Waals surface area contributed by atoms with Crippen molar-refractivity contribution in [2.75, 3.05) is 5.32 Å². The maximum atomic E-state index is 13.3. The lowest BCUT2D eigenvalue weighted by Crippen LogP contribution is -2.25. The predicted octanol–water partition coefficient (Wildman–Crippen LogP) is 5.69. The van der Waals surface area contributed by atoms with Crippen molar-refractivity contribution in [2.45, 2.75) is 34.6 Å². The van der Waals surface area contributed by atoms with Crippen molar-refractivity contribution in [1.29, 1.82) is 0 Å². The van der Waals surface area contributed by atoms with Gasteiger partial charge in [0.05, 0.1) is 11.3 Å². The highest BCUT2D eigenvalue weighted by atomic mass is 16.2. The van der Waals surface area contributed by atoms with E-state index in [2.05, 4.69) is 10.4 Å². The van der Waals surface area contributed by atoms with E-state index in [0.29, 0.717) is 22.6 Å². The quantitative estimate of drug-likeness (QED) is 0.446. The number of rotatable bonds is 4. The van der Waals surface area contributed by atoms with Gasteiger partial charge in [0.2, 0.25) is 5.43 Å². The molecule has 5 nitrogen and oxygen atoms in total. The molecule has 0 spiro atoms. The molecule has 0 aliphatic carbocycles. The third kappa shape index (κ3) is 4.35. The molecule has 0 bridgehead atoms. The van der Waals surface area contributed by atoms with Gasteiger partial charge in [-0.05, 0) is 75.1 Å². The average molecular weight is 438 g/mol. The second-order valence-electron chi connectivity index (χ2n) is 8.45. The van der Waals surface area contributed by atoms with E-state index in [1.807, 2.05) is 88.4 Å². The minimum absolute atomic E-state index is 0.209. The number of anilines is 1. The van der Waals surface area contributed by atoms with E-state index in [1.165, 1.54) is 0 Å². The maximum Gasteiger partial charge on any atom is 0.257 e. The molecule has 0 radical (unpaired) electrons. The molecule has 33 heavy (non-hydrogen) atoms. The summed E-state index contributed by atoms with van der Waals surface area (Å²) < 4.78 is 1.66. The molecule has 5 heteroatoms. The topological polar surface area (TPSA) is 64.0 Å². The SMILES string of the molecule is Cc1ccc(-c2c(NC(=O)c3ccccc3C)n(-c3ccc(C)c(C)c3)nc(C)c2=O)cc1. The van der Waals surface area contributed by atoms with Gasteiger partial charge in [-0.3, -0.25) is 9.59 Å². The first-order chi connectivity index (χ1) is 15.8. The Labute approximate surface area is 193 Å². The number of aryl methyl sites for hydroxylation is 5. The summed E-state index contributed by atoms with van der Waals surface area (Å²) in [5, 5.41) is 7.59. The first-order valence-corrected chi connectivity index (χ1v) is 10.9. The van der Waals surface area contributed by atoms with Crippen LogP contribution >= 0.6 is 0 Å². The second-order valence-corrected chi connectivity index (χ2v) is 8.45. The van der Waals surface area contributed by atoms with Crippen LogP contribution in [0.2, 0.25) is 0 Å². The van der Waals surface area contributed by atoms with Crippen molar-refractivity contribution < 1.29 is 4.79 Å². The molecule has 0 aliphatic heterocycles. The van der Waals surface area contributed by atoms with Crippen LogP contribution in [0.4, 0.5) is 5.82 Å². The van der Waals surface area contributed by atoms with E-state index in [9.17, 15) is 9.59 Å². The number of hydrogen-bond donors (Lipinski definition) is 1. The zero-order valence-electron chi connectivity index (χ0n) is 19.6. The third-order valence-electron chi connectivity index (χ3n) is 5.95. The molecule has 1 aromatic heterocycles. The van der Waals surface area contributed by atoms with E-state index in [-0.39, 0.29) is 11.3 Å². The van der Waals surface area contributed by atoms with E-state index in [0.717, 1.165) is 33.5 Å². The summed E-state index contributed by atoms with van der Waals surface area (Å²) in [6, 6.07) is 21.1. The first-order valence-electron chi connectivity index (χ1n) is 10.9. The van der Waals surface area contributed by atoms with Gasteiger partial charge in [-0.1, -0.05) is 54.1 Å². The van der Waals surface area contributed by atoms with Crippen LogP contribution in [0.5, 0.6) is 0 Å². The van der Waals surface area contributed by atoms with Crippen LogP contribution < -0.4 is 10.7 Å². The smallest absolute Gasteiger partial charge is 0.257 e. The van der Waals surface area contributed by atoms with Crippen LogP contribution in [0.25, 0.3) is 16.8 Å². The number of nitrogens with one attached hydrogen (secondary N) is 1. The fourth-order valence-corrected chi connectivity index (χ4v) is 3.79. The third-order valence-corrected chi connectivity index (χ3v) is 5.95. The monoisotopic (exact) mass is 437 g/mol. The van der Waals surface area contributed by atoms with Crippen LogP contribution in [0, 0.1) is 34.6 Å². The summed E-state index contributed by atoms with van der Waals surface area (Å²) in [6.45, 7) is 9.66. The lowest BCUT2D eigenvalue weighted by Gasteiger charge is -2.19. The lowest BCUT2D eigenvalue weighted by atomic mass is 10.0. The molecular weight excluding hydrogens is 410 g/mol. The van der Waals surface area contributed by atoms with Gasteiger partial charge in [-0.15, -0.1) is 0 Å². The molecule has 1 amide bonds. The number of benzene rings is 3. The van der Waals surface area contributed by atoms with Gasteiger partial charge in [0.25, 0.3) is 5.91 Å². The van der Waals surface area contributed by atoms with Gasteiger partial charge in [0, 0.05) is 5.56 Å². The molecule has 0 unspecified atom stereocenters. The van der Waals surface area contributed by atoms with Crippen molar-refractivity contribution in [1.82, 2.24) is 9.78 Å². The number of carbonyl (C=O) groups excluding carboxylic acids is 1. The van der Waals surface area contributed by atoms with Gasteiger partial charge in [0.1, 0.15) is 11.5 Å². The molecule has 0 saturated heterocycles. The fourth-order valence-electron chi connectivity index (χ4n) is 3.79. The van der Waals surface area contributed by atoms with Crippen molar-refractivity contribution in [3.8, 4) is 16.8 Å². The molecule has 0 saturated carbocycles. The Hall–Kier alpha value is -3.99. The average Bonchev–Trinajstić information content (AvgIpc) is 2.79. The van der Waals surface area contributed by atoms with Gasteiger partial charge in [-0.25, -0.2) is 4.68 Å². The van der Waals surface area contributed by atoms with Crippen LogP contribution in [0.3, 0.4) is 0 Å². The van der Waals surface area contributed by atoms with Crippen molar-refractivity contribution in [3.63, 3.8) is 0 Å². The highest BCUT2D eigenvalue weighted by Crippen LogP contribution is 2.28. The number of carbonyl (C=O) groups is 1. The summed E-state index contributed by atoms with van der Waals surface area (Å²) in [6.07, 6.45) is 0. The summed E-state index contributed by atoms with van der Waals surface area (Å²) in [7, 11) is 0. The minimum atomic E-state index is -0.288. The standard InChI is InChI=1S/C28H27N3O2/c1-17-10-13-22(14-11-17)25-26(32)21(5)30-31(23-15-12-18(2)20(4)16-23)27(25)29-28(33)24-9-7-6-8-19(24)3/h6-16H,1-5H3,(H,29,33). The van der Waals surface area contributed by atoms with E-state index < -0.39 is 0 Å². The Balaban J connectivity index is 1.99. The molecule has 1 heterocycles. The van der Waals surface area contributed by atoms with Crippen LogP contribution in [-0.2, 0) is 0 Å². The van der Waals surface area contributed by atoms with Crippen molar-refractivity contribution >= 4 is 11.7 Å².